The van der Waals surface area contributed by atoms with Crippen molar-refractivity contribution < 1.29 is 22.7 Å². The molecule has 0 bridgehead atoms. The molecule has 3 heterocycles. The number of fused-ring (bicyclic) bond motifs is 3. The predicted molar refractivity (Wildman–Crippen MR) is 79.6 cm³/mol. The first-order valence-corrected chi connectivity index (χ1v) is 7.90. The fourth-order valence-electron chi connectivity index (χ4n) is 3.37. The van der Waals surface area contributed by atoms with Crippen molar-refractivity contribution in [2.24, 2.45) is 0 Å². The average Bonchev–Trinajstić information content (AvgIpc) is 3.09. The lowest BCUT2D eigenvalue weighted by molar-refractivity contribution is -0.137. The molecule has 132 valence electrons. The summed E-state index contributed by atoms with van der Waals surface area (Å²) >= 11 is 0. The molecule has 1 fully saturated rings. The number of ether oxygens (including phenoxy) is 1. The third kappa shape index (κ3) is 2.88. The molecule has 0 radical (unpaired) electrons. The molecule has 0 aliphatic carbocycles. The highest BCUT2D eigenvalue weighted by Crippen LogP contribution is 2.32. The number of alkyl halides is 3. The summed E-state index contributed by atoms with van der Waals surface area (Å²) in [5.41, 5.74) is 0.0335. The van der Waals surface area contributed by atoms with Gasteiger partial charge in [-0.15, -0.1) is 5.10 Å². The Kier molecular flexibility index (Phi) is 3.75. The van der Waals surface area contributed by atoms with Crippen LogP contribution in [0.1, 0.15) is 34.1 Å². The second kappa shape index (κ2) is 5.83. The van der Waals surface area contributed by atoms with Crippen LogP contribution in [0.15, 0.2) is 30.5 Å². The molecule has 2 aliphatic heterocycles. The van der Waals surface area contributed by atoms with Crippen LogP contribution in [0.2, 0.25) is 0 Å². The van der Waals surface area contributed by atoms with E-state index in [2.05, 4.69) is 10.3 Å². The van der Waals surface area contributed by atoms with E-state index in [0.29, 0.717) is 26.1 Å². The van der Waals surface area contributed by atoms with Crippen LogP contribution in [-0.2, 0) is 17.5 Å². The summed E-state index contributed by atoms with van der Waals surface area (Å²) < 4.78 is 46.1. The van der Waals surface area contributed by atoms with Crippen LogP contribution >= 0.6 is 0 Å². The summed E-state index contributed by atoms with van der Waals surface area (Å²) in [5, 5.41) is 7.92. The number of piperidine rings is 1. The summed E-state index contributed by atoms with van der Waals surface area (Å²) in [5.74, 6) is -0.420. The Hall–Kier alpha value is -2.42. The van der Waals surface area contributed by atoms with Crippen LogP contribution in [0.4, 0.5) is 13.2 Å². The van der Waals surface area contributed by atoms with Crippen LogP contribution in [0.5, 0.6) is 0 Å². The molecule has 2 aromatic rings. The Morgan fingerprint density at radius 1 is 1.32 bits per heavy atom. The average molecular weight is 352 g/mol. The SMILES string of the molecule is O=C(c1cccc(C(F)(F)F)c1)N1CCC2OCc3cnnn3C2C1. The summed E-state index contributed by atoms with van der Waals surface area (Å²) in [6, 6.07) is 4.34. The molecule has 25 heavy (non-hydrogen) atoms. The first-order chi connectivity index (χ1) is 11.9. The third-order valence-corrected chi connectivity index (χ3v) is 4.65. The number of hydrogen-bond donors (Lipinski definition) is 0. The first kappa shape index (κ1) is 16.1. The summed E-state index contributed by atoms with van der Waals surface area (Å²) in [6.45, 7) is 1.19. The van der Waals surface area contributed by atoms with Gasteiger partial charge in [-0.2, -0.15) is 13.2 Å². The van der Waals surface area contributed by atoms with Crippen molar-refractivity contribution >= 4 is 5.91 Å². The number of likely N-dealkylation sites (tertiary alicyclic amines) is 1. The molecule has 0 saturated carbocycles. The van der Waals surface area contributed by atoms with Crippen molar-refractivity contribution in [1.82, 2.24) is 19.9 Å². The topological polar surface area (TPSA) is 60.3 Å². The molecule has 9 heteroatoms. The van der Waals surface area contributed by atoms with E-state index in [1.165, 1.54) is 12.1 Å². The minimum absolute atomic E-state index is 0.0313. The maximum Gasteiger partial charge on any atom is 0.416 e. The first-order valence-electron chi connectivity index (χ1n) is 7.90. The highest BCUT2D eigenvalue weighted by atomic mass is 19.4. The van der Waals surface area contributed by atoms with Gasteiger partial charge >= 0.3 is 6.18 Å². The van der Waals surface area contributed by atoms with Crippen molar-refractivity contribution in [2.75, 3.05) is 13.1 Å². The van der Waals surface area contributed by atoms with E-state index in [1.54, 1.807) is 15.8 Å². The van der Waals surface area contributed by atoms with Crippen molar-refractivity contribution in [3.63, 3.8) is 0 Å². The van der Waals surface area contributed by atoms with Gasteiger partial charge in [-0.1, -0.05) is 11.3 Å². The Balaban J connectivity index is 1.57. The van der Waals surface area contributed by atoms with E-state index >= 15 is 0 Å². The van der Waals surface area contributed by atoms with E-state index in [1.807, 2.05) is 0 Å². The molecule has 1 aromatic carbocycles. The minimum Gasteiger partial charge on any atom is -0.370 e. The molecule has 2 aliphatic rings. The van der Waals surface area contributed by atoms with Gasteiger partial charge in [0, 0.05) is 18.7 Å². The van der Waals surface area contributed by atoms with Gasteiger partial charge in [0.05, 0.1) is 36.2 Å². The Bertz CT molecular complexity index is 805. The van der Waals surface area contributed by atoms with Gasteiger partial charge in [0.15, 0.2) is 0 Å². The Labute approximate surface area is 141 Å². The molecular formula is C16H15F3N4O2. The molecule has 1 amide bonds. The number of halogens is 3. The van der Waals surface area contributed by atoms with Crippen molar-refractivity contribution in [3.05, 3.63) is 47.3 Å². The van der Waals surface area contributed by atoms with E-state index in [4.69, 9.17) is 4.74 Å². The Morgan fingerprint density at radius 3 is 2.96 bits per heavy atom. The van der Waals surface area contributed by atoms with Crippen molar-refractivity contribution in [3.8, 4) is 0 Å². The maximum atomic E-state index is 12.9. The molecule has 4 rings (SSSR count). The van der Waals surface area contributed by atoms with Crippen LogP contribution in [-0.4, -0.2) is 45.0 Å². The van der Waals surface area contributed by atoms with Crippen LogP contribution in [0.3, 0.4) is 0 Å². The summed E-state index contributed by atoms with van der Waals surface area (Å²) in [6.07, 6.45) is -2.33. The molecule has 1 saturated heterocycles. The molecule has 1 aromatic heterocycles. The molecular weight excluding hydrogens is 337 g/mol. The monoisotopic (exact) mass is 352 g/mol. The van der Waals surface area contributed by atoms with E-state index in [9.17, 15) is 18.0 Å². The van der Waals surface area contributed by atoms with Gasteiger partial charge < -0.3 is 9.64 Å². The van der Waals surface area contributed by atoms with E-state index in [-0.39, 0.29) is 17.7 Å². The van der Waals surface area contributed by atoms with Gasteiger partial charge in [0.25, 0.3) is 5.91 Å². The normalized spacial score (nSPS) is 23.1. The Morgan fingerprint density at radius 2 is 2.16 bits per heavy atom. The number of nitrogens with zero attached hydrogens (tertiary/aromatic N) is 4. The fraction of sp³-hybridized carbons (Fsp3) is 0.438. The highest BCUT2D eigenvalue weighted by Gasteiger charge is 2.38. The van der Waals surface area contributed by atoms with Crippen LogP contribution in [0.25, 0.3) is 0 Å². The number of benzene rings is 1. The van der Waals surface area contributed by atoms with Gasteiger partial charge in [-0.05, 0) is 24.6 Å². The van der Waals surface area contributed by atoms with Gasteiger partial charge in [0.2, 0.25) is 0 Å². The van der Waals surface area contributed by atoms with Crippen LogP contribution in [0, 0.1) is 0 Å². The van der Waals surface area contributed by atoms with Gasteiger partial charge in [0.1, 0.15) is 0 Å². The predicted octanol–water partition coefficient (Wildman–Crippen LogP) is 2.28. The quantitative estimate of drug-likeness (QED) is 0.790. The zero-order chi connectivity index (χ0) is 17.6. The summed E-state index contributed by atoms with van der Waals surface area (Å²) in [4.78, 5) is 14.2. The molecule has 0 spiro atoms. The molecule has 0 N–H and O–H groups in total. The number of amides is 1. The van der Waals surface area contributed by atoms with E-state index < -0.39 is 17.6 Å². The second-order valence-corrected chi connectivity index (χ2v) is 6.21. The van der Waals surface area contributed by atoms with Crippen LogP contribution < -0.4 is 0 Å². The third-order valence-electron chi connectivity index (χ3n) is 4.65. The lowest BCUT2D eigenvalue weighted by Crippen LogP contribution is -2.49. The fourth-order valence-corrected chi connectivity index (χ4v) is 3.37. The second-order valence-electron chi connectivity index (χ2n) is 6.21. The standard InChI is InChI=1S/C16H15F3N4O2/c17-16(18,19)11-3-1-2-10(6-11)15(24)22-5-4-14-13(8-22)23-12(9-25-14)7-20-21-23/h1-3,6-7,13-14H,4-5,8-9H2. The zero-order valence-corrected chi connectivity index (χ0v) is 13.1. The van der Waals surface area contributed by atoms with Crippen molar-refractivity contribution in [2.45, 2.75) is 31.3 Å². The number of carbonyl (C=O) groups excluding carboxylic acids is 1. The lowest BCUT2D eigenvalue weighted by Gasteiger charge is -2.41. The molecule has 2 unspecified atom stereocenters. The highest BCUT2D eigenvalue weighted by molar-refractivity contribution is 5.94. The minimum atomic E-state index is -4.48. The van der Waals surface area contributed by atoms with Crippen molar-refractivity contribution in [1.29, 1.82) is 0 Å². The summed E-state index contributed by atoms with van der Waals surface area (Å²) in [7, 11) is 0. The molecule has 6 nitrogen and oxygen atoms in total. The number of hydrogen-bond acceptors (Lipinski definition) is 4. The van der Waals surface area contributed by atoms with E-state index in [0.717, 1.165) is 17.8 Å². The number of carbonyl (C=O) groups is 1. The van der Waals surface area contributed by atoms with Gasteiger partial charge in [-0.3, -0.25) is 4.79 Å². The largest absolute Gasteiger partial charge is 0.416 e. The lowest BCUT2D eigenvalue weighted by atomic mass is 9.99. The maximum absolute atomic E-state index is 12.9. The number of rotatable bonds is 1. The molecule has 2 atom stereocenters. The van der Waals surface area contributed by atoms with Gasteiger partial charge in [-0.25, -0.2) is 4.68 Å². The zero-order valence-electron chi connectivity index (χ0n) is 13.1. The number of aromatic nitrogens is 3. The smallest absolute Gasteiger partial charge is 0.370 e.